The van der Waals surface area contributed by atoms with Crippen molar-refractivity contribution < 1.29 is 17.9 Å². The summed E-state index contributed by atoms with van der Waals surface area (Å²) in [6.45, 7) is 2.93. The molecule has 2 atom stereocenters. The van der Waals surface area contributed by atoms with Gasteiger partial charge in [-0.1, -0.05) is 42.5 Å². The van der Waals surface area contributed by atoms with Gasteiger partial charge in [0.25, 0.3) is 10.0 Å². The van der Waals surface area contributed by atoms with E-state index in [4.69, 9.17) is 4.74 Å². The molecule has 0 amide bonds. The third kappa shape index (κ3) is 3.54. The first-order chi connectivity index (χ1) is 13.5. The van der Waals surface area contributed by atoms with E-state index in [0.29, 0.717) is 24.5 Å². The quantitative estimate of drug-likeness (QED) is 0.743. The zero-order chi connectivity index (χ0) is 19.7. The lowest BCUT2D eigenvalue weighted by Gasteiger charge is -2.33. The molecule has 2 heterocycles. The van der Waals surface area contributed by atoms with Crippen LogP contribution in [0, 0.1) is 5.92 Å². The maximum Gasteiger partial charge on any atom is 0.311 e. The van der Waals surface area contributed by atoms with Crippen molar-refractivity contribution in [2.45, 2.75) is 30.8 Å². The third-order valence-corrected chi connectivity index (χ3v) is 6.55. The van der Waals surface area contributed by atoms with Gasteiger partial charge in [0.05, 0.1) is 5.92 Å². The van der Waals surface area contributed by atoms with Crippen LogP contribution >= 0.6 is 0 Å². The Morgan fingerprint density at radius 1 is 1.14 bits per heavy atom. The van der Waals surface area contributed by atoms with Crippen molar-refractivity contribution in [3.63, 3.8) is 0 Å². The monoisotopic (exact) mass is 398 g/mol. The first-order valence-electron chi connectivity index (χ1n) is 9.40. The number of hydrogen-bond donors (Lipinski definition) is 0. The molecule has 0 bridgehead atoms. The Kier molecular flexibility index (Phi) is 4.93. The van der Waals surface area contributed by atoms with Gasteiger partial charge in [-0.15, -0.1) is 4.40 Å². The molecule has 28 heavy (non-hydrogen) atoms. The number of piperidine rings is 1. The second-order valence-corrected chi connectivity index (χ2v) is 8.73. The molecule has 2 aliphatic rings. The molecule has 6 nitrogen and oxygen atoms in total. The van der Waals surface area contributed by atoms with Crippen LogP contribution in [0.3, 0.4) is 0 Å². The summed E-state index contributed by atoms with van der Waals surface area (Å²) in [6.07, 6.45) is 1.17. The van der Waals surface area contributed by atoms with Crippen molar-refractivity contribution in [3.05, 3.63) is 65.7 Å². The van der Waals surface area contributed by atoms with Crippen molar-refractivity contribution in [1.82, 2.24) is 4.90 Å². The van der Waals surface area contributed by atoms with Gasteiger partial charge in [-0.3, -0.25) is 4.79 Å². The van der Waals surface area contributed by atoms with Crippen molar-refractivity contribution in [1.29, 1.82) is 0 Å². The van der Waals surface area contributed by atoms with Crippen LogP contribution in [0.2, 0.25) is 0 Å². The van der Waals surface area contributed by atoms with Crippen molar-refractivity contribution in [2.75, 3.05) is 13.1 Å². The van der Waals surface area contributed by atoms with E-state index in [1.165, 1.54) is 0 Å². The Morgan fingerprint density at radius 3 is 2.64 bits per heavy atom. The highest BCUT2D eigenvalue weighted by atomic mass is 32.2. The van der Waals surface area contributed by atoms with E-state index in [1.54, 1.807) is 24.3 Å². The summed E-state index contributed by atoms with van der Waals surface area (Å²) in [4.78, 5) is 14.8. The SMILES string of the molecule is C[C@@H](OC(=O)[C@H]1CCCN(C2=NS(=O)(=O)c3ccccc32)C1)c1ccccc1. The fourth-order valence-electron chi connectivity index (χ4n) is 3.74. The van der Waals surface area contributed by atoms with E-state index in [9.17, 15) is 13.2 Å². The van der Waals surface area contributed by atoms with E-state index in [-0.39, 0.29) is 22.9 Å². The minimum Gasteiger partial charge on any atom is -0.458 e. The lowest BCUT2D eigenvalue weighted by Crippen LogP contribution is -2.42. The highest BCUT2D eigenvalue weighted by Crippen LogP contribution is 2.30. The van der Waals surface area contributed by atoms with Gasteiger partial charge in [0, 0.05) is 18.7 Å². The Labute approximate surface area is 164 Å². The number of carbonyl (C=O) groups is 1. The molecule has 0 aromatic heterocycles. The molecule has 2 aliphatic heterocycles. The van der Waals surface area contributed by atoms with Crippen molar-refractivity contribution in [3.8, 4) is 0 Å². The van der Waals surface area contributed by atoms with Crippen LogP contribution < -0.4 is 0 Å². The largest absolute Gasteiger partial charge is 0.458 e. The number of benzene rings is 2. The molecule has 0 N–H and O–H groups in total. The number of rotatable bonds is 3. The minimum atomic E-state index is -3.67. The molecule has 0 spiro atoms. The molecule has 146 valence electrons. The standard InChI is InChI=1S/C21H22N2O4S/c1-15(16-8-3-2-4-9-16)27-21(24)17-10-7-13-23(14-17)20-18-11-5-6-12-19(18)28(25,26)22-20/h2-6,8-9,11-12,15,17H,7,10,13-14H2,1H3/t15-,17+/m1/s1. The van der Waals surface area contributed by atoms with Gasteiger partial charge in [-0.25, -0.2) is 0 Å². The fourth-order valence-corrected chi connectivity index (χ4v) is 4.97. The molecule has 0 radical (unpaired) electrons. The molecule has 1 fully saturated rings. The molecule has 1 saturated heterocycles. The number of amidine groups is 1. The van der Waals surface area contributed by atoms with Crippen LogP contribution in [-0.4, -0.2) is 38.2 Å². The predicted octanol–water partition coefficient (Wildman–Crippen LogP) is 3.15. The van der Waals surface area contributed by atoms with Gasteiger partial charge in [-0.2, -0.15) is 8.42 Å². The Bertz CT molecular complexity index is 1020. The maximum atomic E-state index is 12.7. The van der Waals surface area contributed by atoms with E-state index >= 15 is 0 Å². The molecular formula is C21H22N2O4S. The van der Waals surface area contributed by atoms with Crippen molar-refractivity contribution >= 4 is 21.8 Å². The summed E-state index contributed by atoms with van der Waals surface area (Å²) in [6, 6.07) is 16.4. The van der Waals surface area contributed by atoms with Crippen LogP contribution in [0.5, 0.6) is 0 Å². The van der Waals surface area contributed by atoms with Gasteiger partial charge in [0.2, 0.25) is 0 Å². The zero-order valence-corrected chi connectivity index (χ0v) is 16.4. The summed E-state index contributed by atoms with van der Waals surface area (Å²) >= 11 is 0. The number of nitrogens with zero attached hydrogens (tertiary/aromatic N) is 2. The van der Waals surface area contributed by atoms with Gasteiger partial charge >= 0.3 is 5.97 Å². The molecule has 0 saturated carbocycles. The number of ether oxygens (including phenoxy) is 1. The predicted molar refractivity (Wildman–Crippen MR) is 105 cm³/mol. The second-order valence-electron chi connectivity index (χ2n) is 7.16. The fraction of sp³-hybridized carbons (Fsp3) is 0.333. The topological polar surface area (TPSA) is 76.0 Å². The second kappa shape index (κ2) is 7.39. The highest BCUT2D eigenvalue weighted by molar-refractivity contribution is 7.90. The molecular weight excluding hydrogens is 376 g/mol. The first kappa shape index (κ1) is 18.7. The summed E-state index contributed by atoms with van der Waals surface area (Å²) < 4.78 is 34.3. The summed E-state index contributed by atoms with van der Waals surface area (Å²) in [5.74, 6) is -0.127. The smallest absolute Gasteiger partial charge is 0.311 e. The zero-order valence-electron chi connectivity index (χ0n) is 15.6. The van der Waals surface area contributed by atoms with Crippen LogP contribution in [0.25, 0.3) is 0 Å². The Hall–Kier alpha value is -2.67. The van der Waals surface area contributed by atoms with Crippen molar-refractivity contribution in [2.24, 2.45) is 10.3 Å². The van der Waals surface area contributed by atoms with Crippen LogP contribution in [-0.2, 0) is 19.6 Å². The van der Waals surface area contributed by atoms with E-state index < -0.39 is 10.0 Å². The van der Waals surface area contributed by atoms with E-state index in [2.05, 4.69) is 4.40 Å². The van der Waals surface area contributed by atoms with E-state index in [0.717, 1.165) is 18.4 Å². The van der Waals surface area contributed by atoms with E-state index in [1.807, 2.05) is 42.2 Å². The summed E-state index contributed by atoms with van der Waals surface area (Å²) in [7, 11) is -3.67. The number of fused-ring (bicyclic) bond motifs is 1. The molecule has 4 rings (SSSR count). The number of esters is 1. The van der Waals surface area contributed by atoms with Crippen LogP contribution in [0.15, 0.2) is 63.9 Å². The molecule has 2 aromatic rings. The van der Waals surface area contributed by atoms with Gasteiger partial charge < -0.3 is 9.64 Å². The molecule has 0 unspecified atom stereocenters. The maximum absolute atomic E-state index is 12.7. The molecule has 7 heteroatoms. The lowest BCUT2D eigenvalue weighted by atomic mass is 9.97. The molecule has 0 aliphatic carbocycles. The normalized spacial score (nSPS) is 21.5. The first-order valence-corrected chi connectivity index (χ1v) is 10.8. The third-order valence-electron chi connectivity index (χ3n) is 5.23. The molecule has 2 aromatic carbocycles. The number of sulfonamides is 1. The van der Waals surface area contributed by atoms with Gasteiger partial charge in [-0.05, 0) is 37.5 Å². The lowest BCUT2D eigenvalue weighted by molar-refractivity contribution is -0.155. The average Bonchev–Trinajstić information content (AvgIpc) is 3.00. The summed E-state index contributed by atoms with van der Waals surface area (Å²) in [5.41, 5.74) is 1.55. The Morgan fingerprint density at radius 2 is 1.86 bits per heavy atom. The van der Waals surface area contributed by atoms with Gasteiger partial charge in [0.1, 0.15) is 11.0 Å². The number of hydrogen-bond acceptors (Lipinski definition) is 5. The van der Waals surface area contributed by atoms with Gasteiger partial charge in [0.15, 0.2) is 5.84 Å². The minimum absolute atomic E-state index is 0.229. The van der Waals surface area contributed by atoms with Crippen LogP contribution in [0.4, 0.5) is 0 Å². The van der Waals surface area contributed by atoms with Crippen LogP contribution in [0.1, 0.15) is 37.0 Å². The number of carbonyl (C=O) groups excluding carboxylic acids is 1. The summed E-state index contributed by atoms with van der Waals surface area (Å²) in [5, 5.41) is 0. The highest BCUT2D eigenvalue weighted by Gasteiger charge is 2.35. The number of likely N-dealkylation sites (tertiary alicyclic amines) is 1. The Balaban J connectivity index is 1.49. The average molecular weight is 398 g/mol.